The van der Waals surface area contributed by atoms with Crippen LogP contribution in [0, 0.1) is 17.0 Å². The SMILES string of the molecule is Cc1c(OC(F)(F)F)ncc([N+](=O)[O-])c1S(=O)(=O)Cl. The molecule has 0 aromatic carbocycles. The molecule has 7 nitrogen and oxygen atoms in total. The van der Waals surface area contributed by atoms with Crippen molar-refractivity contribution in [2.75, 3.05) is 0 Å². The van der Waals surface area contributed by atoms with Crippen LogP contribution in [0.1, 0.15) is 5.56 Å². The Bertz CT molecular complexity index is 630. The van der Waals surface area contributed by atoms with Crippen LogP contribution >= 0.6 is 10.7 Å². The fraction of sp³-hybridized carbons (Fsp3) is 0.286. The summed E-state index contributed by atoms with van der Waals surface area (Å²) in [6.45, 7) is 0.857. The molecule has 0 aliphatic heterocycles. The Kier molecular flexibility index (Phi) is 3.91. The third-order valence-electron chi connectivity index (χ3n) is 1.85. The summed E-state index contributed by atoms with van der Waals surface area (Å²) in [5, 5.41) is 10.6. The molecule has 0 spiro atoms. The highest BCUT2D eigenvalue weighted by Crippen LogP contribution is 2.35. The van der Waals surface area contributed by atoms with Crippen molar-refractivity contribution < 1.29 is 31.2 Å². The molecule has 1 rings (SSSR count). The first-order valence-electron chi connectivity index (χ1n) is 4.28. The number of hydrogen-bond donors (Lipinski definition) is 0. The molecule has 0 amide bonds. The maximum Gasteiger partial charge on any atom is 0.574 e. The second-order valence-electron chi connectivity index (χ2n) is 3.15. The lowest BCUT2D eigenvalue weighted by atomic mass is 10.3. The van der Waals surface area contributed by atoms with Crippen LogP contribution in [0.5, 0.6) is 5.88 Å². The lowest BCUT2D eigenvalue weighted by Gasteiger charge is -2.11. The molecule has 0 N–H and O–H groups in total. The summed E-state index contributed by atoms with van der Waals surface area (Å²) in [6, 6.07) is 0. The van der Waals surface area contributed by atoms with Crippen molar-refractivity contribution in [1.82, 2.24) is 4.98 Å². The molecule has 0 fully saturated rings. The Morgan fingerprint density at radius 1 is 1.47 bits per heavy atom. The first-order valence-corrected chi connectivity index (χ1v) is 6.59. The van der Waals surface area contributed by atoms with E-state index < -0.39 is 42.4 Å². The zero-order valence-electron chi connectivity index (χ0n) is 8.93. The third kappa shape index (κ3) is 3.67. The molecule has 0 radical (unpaired) electrons. The highest BCUT2D eigenvalue weighted by atomic mass is 35.7. The Balaban J connectivity index is 3.56. The average molecular weight is 321 g/mol. The van der Waals surface area contributed by atoms with E-state index in [1.807, 2.05) is 0 Å². The number of nitrogens with zero attached hydrogens (tertiary/aromatic N) is 2. The van der Waals surface area contributed by atoms with Crippen molar-refractivity contribution in [2.45, 2.75) is 18.2 Å². The van der Waals surface area contributed by atoms with Crippen molar-refractivity contribution in [3.63, 3.8) is 0 Å². The maximum atomic E-state index is 12.0. The van der Waals surface area contributed by atoms with E-state index in [0.29, 0.717) is 6.20 Å². The molecule has 1 aromatic rings. The minimum atomic E-state index is -5.12. The molecule has 1 heterocycles. The second kappa shape index (κ2) is 4.81. The second-order valence-corrected chi connectivity index (χ2v) is 5.65. The monoisotopic (exact) mass is 320 g/mol. The van der Waals surface area contributed by atoms with E-state index in [1.165, 1.54) is 0 Å². The van der Waals surface area contributed by atoms with E-state index in [1.54, 1.807) is 0 Å². The number of rotatable bonds is 3. The number of aromatic nitrogens is 1. The zero-order valence-corrected chi connectivity index (χ0v) is 10.5. The minimum absolute atomic E-state index is 0.323. The van der Waals surface area contributed by atoms with E-state index in [4.69, 9.17) is 10.7 Å². The van der Waals surface area contributed by atoms with E-state index in [9.17, 15) is 31.7 Å². The zero-order chi connectivity index (χ0) is 15.0. The third-order valence-corrected chi connectivity index (χ3v) is 3.32. The van der Waals surface area contributed by atoms with Crippen LogP contribution in [-0.4, -0.2) is 24.7 Å². The fourth-order valence-corrected chi connectivity index (χ4v) is 2.63. The first-order chi connectivity index (χ1) is 8.43. The number of pyridine rings is 1. The molecule has 0 saturated carbocycles. The molecule has 0 atom stereocenters. The largest absolute Gasteiger partial charge is 0.574 e. The van der Waals surface area contributed by atoms with Crippen molar-refractivity contribution in [3.8, 4) is 5.88 Å². The average Bonchev–Trinajstić information content (AvgIpc) is 2.16. The van der Waals surface area contributed by atoms with Crippen LogP contribution in [0.15, 0.2) is 11.1 Å². The highest BCUT2D eigenvalue weighted by molar-refractivity contribution is 8.13. The van der Waals surface area contributed by atoms with Crippen molar-refractivity contribution in [3.05, 3.63) is 21.9 Å². The highest BCUT2D eigenvalue weighted by Gasteiger charge is 2.36. The molecule has 106 valence electrons. The predicted octanol–water partition coefficient (Wildman–Crippen LogP) is 2.12. The molecule has 0 bridgehead atoms. The summed E-state index contributed by atoms with van der Waals surface area (Å²) in [6.07, 6.45) is -4.80. The summed E-state index contributed by atoms with van der Waals surface area (Å²) in [4.78, 5) is 11.4. The molecular formula is C7H4ClF3N2O5S. The van der Waals surface area contributed by atoms with E-state index in [2.05, 4.69) is 9.72 Å². The van der Waals surface area contributed by atoms with Crippen LogP contribution < -0.4 is 4.74 Å². The lowest BCUT2D eigenvalue weighted by molar-refractivity contribution is -0.388. The standard InChI is InChI=1S/C7H4ClF3N2O5S/c1-3-5(19(8,16)17)4(13(14)15)2-12-6(3)18-7(9,10)11/h2H,1H3. The molecule has 12 heteroatoms. The van der Waals surface area contributed by atoms with Gasteiger partial charge < -0.3 is 4.74 Å². The quantitative estimate of drug-likeness (QED) is 0.480. The van der Waals surface area contributed by atoms with Gasteiger partial charge in [-0.1, -0.05) is 0 Å². The van der Waals surface area contributed by atoms with Crippen LogP contribution in [0.4, 0.5) is 18.9 Å². The van der Waals surface area contributed by atoms with Gasteiger partial charge in [0.05, 0.1) is 4.92 Å². The Hall–Kier alpha value is -1.62. The van der Waals surface area contributed by atoms with Gasteiger partial charge in [0, 0.05) is 16.2 Å². The van der Waals surface area contributed by atoms with Gasteiger partial charge in [-0.15, -0.1) is 13.2 Å². The topological polar surface area (TPSA) is 99.4 Å². The van der Waals surface area contributed by atoms with E-state index >= 15 is 0 Å². The molecule has 0 saturated heterocycles. The van der Waals surface area contributed by atoms with Gasteiger partial charge in [0.15, 0.2) is 4.90 Å². The van der Waals surface area contributed by atoms with Crippen molar-refractivity contribution >= 4 is 25.4 Å². The fourth-order valence-electron chi connectivity index (χ4n) is 1.21. The van der Waals surface area contributed by atoms with E-state index in [-0.39, 0.29) is 0 Å². The van der Waals surface area contributed by atoms with E-state index in [0.717, 1.165) is 6.92 Å². The van der Waals surface area contributed by atoms with Gasteiger partial charge in [-0.25, -0.2) is 13.4 Å². The Morgan fingerprint density at radius 3 is 2.37 bits per heavy atom. The number of halogens is 4. The van der Waals surface area contributed by atoms with Gasteiger partial charge in [-0.3, -0.25) is 10.1 Å². The molecule has 0 aliphatic rings. The maximum absolute atomic E-state index is 12.0. The smallest absolute Gasteiger partial charge is 0.388 e. The Labute approximate surface area is 108 Å². The summed E-state index contributed by atoms with van der Waals surface area (Å²) in [5.74, 6) is -1.13. The van der Waals surface area contributed by atoms with Crippen LogP contribution in [-0.2, 0) is 9.05 Å². The van der Waals surface area contributed by atoms with Gasteiger partial charge in [0.25, 0.3) is 9.05 Å². The minimum Gasteiger partial charge on any atom is -0.388 e. The van der Waals surface area contributed by atoms with Crippen LogP contribution in [0.2, 0.25) is 0 Å². The Morgan fingerprint density at radius 2 is 2.00 bits per heavy atom. The van der Waals surface area contributed by atoms with Gasteiger partial charge >= 0.3 is 12.0 Å². The predicted molar refractivity (Wildman–Crippen MR) is 55.4 cm³/mol. The molecule has 1 aromatic heterocycles. The van der Waals surface area contributed by atoms with Gasteiger partial charge in [0.1, 0.15) is 6.20 Å². The lowest BCUT2D eigenvalue weighted by Crippen LogP contribution is -2.19. The number of alkyl halides is 3. The summed E-state index contributed by atoms with van der Waals surface area (Å²) in [5.41, 5.74) is -1.75. The molecular weight excluding hydrogens is 317 g/mol. The molecule has 0 unspecified atom stereocenters. The van der Waals surface area contributed by atoms with Gasteiger partial charge in [-0.2, -0.15) is 0 Å². The van der Waals surface area contributed by atoms with Gasteiger partial charge in [-0.05, 0) is 6.92 Å². The summed E-state index contributed by atoms with van der Waals surface area (Å²) < 4.78 is 61.9. The van der Waals surface area contributed by atoms with Crippen molar-refractivity contribution in [1.29, 1.82) is 0 Å². The number of nitro groups is 1. The molecule has 19 heavy (non-hydrogen) atoms. The summed E-state index contributed by atoms with van der Waals surface area (Å²) >= 11 is 0. The normalized spacial score (nSPS) is 12.3. The first kappa shape index (κ1) is 15.4. The van der Waals surface area contributed by atoms with Crippen LogP contribution in [0.3, 0.4) is 0 Å². The summed E-state index contributed by atoms with van der Waals surface area (Å²) in [7, 11) is 0.315. The molecule has 0 aliphatic carbocycles. The van der Waals surface area contributed by atoms with Crippen LogP contribution in [0.25, 0.3) is 0 Å². The van der Waals surface area contributed by atoms with Gasteiger partial charge in [0.2, 0.25) is 5.88 Å². The number of hydrogen-bond acceptors (Lipinski definition) is 6. The van der Waals surface area contributed by atoms with Crippen molar-refractivity contribution in [2.24, 2.45) is 0 Å². The number of ether oxygens (including phenoxy) is 1.